The first-order chi connectivity index (χ1) is 9.54. The van der Waals surface area contributed by atoms with Crippen molar-refractivity contribution in [1.82, 2.24) is 0 Å². The Morgan fingerprint density at radius 1 is 1.40 bits per heavy atom. The topological polar surface area (TPSA) is 73.3 Å². The van der Waals surface area contributed by atoms with Crippen LogP contribution < -0.4 is 5.63 Å². The van der Waals surface area contributed by atoms with Gasteiger partial charge in [-0.25, -0.2) is 4.79 Å². The van der Waals surface area contributed by atoms with Gasteiger partial charge in [-0.05, 0) is 19.1 Å². The van der Waals surface area contributed by atoms with Crippen LogP contribution in [0.25, 0.3) is 16.8 Å². The normalized spacial score (nSPS) is 10.7. The lowest BCUT2D eigenvalue weighted by molar-refractivity contribution is -0.384. The van der Waals surface area contributed by atoms with Gasteiger partial charge in [0.2, 0.25) is 0 Å². The number of benzene rings is 1. The number of fused-ring (bicyclic) bond motifs is 1. The first kappa shape index (κ1) is 13.5. The van der Waals surface area contributed by atoms with Gasteiger partial charge in [-0.3, -0.25) is 10.1 Å². The Hall–Kier alpha value is -2.91. The zero-order valence-electron chi connectivity index (χ0n) is 10.8. The highest BCUT2D eigenvalue weighted by Crippen LogP contribution is 2.24. The Kier molecular flexibility index (Phi) is 3.64. The van der Waals surface area contributed by atoms with Crippen LogP contribution in [0.5, 0.6) is 0 Å². The van der Waals surface area contributed by atoms with Crippen LogP contribution in [0.4, 0.5) is 5.69 Å². The molecule has 0 atom stereocenters. The summed E-state index contributed by atoms with van der Waals surface area (Å²) in [5.41, 5.74) is 2.56. The van der Waals surface area contributed by atoms with Crippen LogP contribution in [0.3, 0.4) is 0 Å². The number of hydrogen-bond donors (Lipinski definition) is 0. The number of rotatable bonds is 3. The highest BCUT2D eigenvalue weighted by atomic mass is 16.6. The molecule has 0 aliphatic rings. The van der Waals surface area contributed by atoms with E-state index in [-0.39, 0.29) is 11.1 Å². The Morgan fingerprint density at radius 2 is 2.15 bits per heavy atom. The minimum atomic E-state index is -0.586. The van der Waals surface area contributed by atoms with Crippen LogP contribution in [0.1, 0.15) is 11.3 Å². The number of nitrogens with zero attached hydrogens (tertiary/aromatic N) is 1. The molecule has 0 aliphatic heterocycles. The fraction of sp³-hybridized carbons (Fsp3) is 0.0667. The highest BCUT2D eigenvalue weighted by Gasteiger charge is 2.13. The summed E-state index contributed by atoms with van der Waals surface area (Å²) in [6.07, 6.45) is 5.06. The second kappa shape index (κ2) is 5.38. The fourth-order valence-corrected chi connectivity index (χ4v) is 1.91. The molecule has 0 saturated carbocycles. The van der Waals surface area contributed by atoms with Crippen molar-refractivity contribution in [3.05, 3.63) is 74.5 Å². The summed E-state index contributed by atoms with van der Waals surface area (Å²) in [7, 11) is 0. The zero-order valence-corrected chi connectivity index (χ0v) is 10.8. The van der Waals surface area contributed by atoms with Gasteiger partial charge in [0.1, 0.15) is 5.76 Å². The van der Waals surface area contributed by atoms with Gasteiger partial charge in [0.15, 0.2) is 0 Å². The molecule has 1 aromatic heterocycles. The third-order valence-electron chi connectivity index (χ3n) is 2.83. The molecular formula is C15H11NO4. The molecule has 0 bridgehead atoms. The molecule has 0 unspecified atom stereocenters. The van der Waals surface area contributed by atoms with E-state index in [0.29, 0.717) is 16.7 Å². The number of non-ortho nitro benzene ring substituents is 1. The average Bonchev–Trinajstić information content (AvgIpc) is 2.42. The van der Waals surface area contributed by atoms with Gasteiger partial charge in [-0.15, -0.1) is 5.73 Å². The standard InChI is InChI=1S/C15H11NO4/c1-3-4-5-6-12-10(2)20-15(17)14-9-11(16(18)19)7-8-13(12)14/h4-9H,1H2,2H3/b6-5-. The maximum atomic E-state index is 11.8. The third kappa shape index (κ3) is 2.43. The quantitative estimate of drug-likeness (QED) is 0.370. The van der Waals surface area contributed by atoms with E-state index >= 15 is 0 Å². The molecule has 0 spiro atoms. The summed E-state index contributed by atoms with van der Waals surface area (Å²) in [5.74, 6) is 0.449. The monoisotopic (exact) mass is 269 g/mol. The van der Waals surface area contributed by atoms with E-state index in [2.05, 4.69) is 12.3 Å². The third-order valence-corrected chi connectivity index (χ3v) is 2.83. The molecule has 0 amide bonds. The SMILES string of the molecule is C=C=C/C=C\c1c(C)oc(=O)c2cc([N+](=O)[O-])ccc12. The van der Waals surface area contributed by atoms with Crippen molar-refractivity contribution in [2.45, 2.75) is 6.92 Å². The van der Waals surface area contributed by atoms with Crippen LogP contribution in [-0.4, -0.2) is 4.92 Å². The molecular weight excluding hydrogens is 258 g/mol. The van der Waals surface area contributed by atoms with E-state index in [1.54, 1.807) is 31.2 Å². The van der Waals surface area contributed by atoms with Gasteiger partial charge in [0, 0.05) is 23.1 Å². The first-order valence-corrected chi connectivity index (χ1v) is 5.79. The van der Waals surface area contributed by atoms with Gasteiger partial charge in [0.25, 0.3) is 5.69 Å². The molecule has 0 N–H and O–H groups in total. The Bertz CT molecular complexity index is 824. The number of hydrogen-bond acceptors (Lipinski definition) is 4. The zero-order chi connectivity index (χ0) is 14.7. The lowest BCUT2D eigenvalue weighted by atomic mass is 10.0. The van der Waals surface area contributed by atoms with Crippen molar-refractivity contribution in [3.63, 3.8) is 0 Å². The Morgan fingerprint density at radius 3 is 2.80 bits per heavy atom. The minimum Gasteiger partial charge on any atom is -0.427 e. The van der Waals surface area contributed by atoms with Crippen molar-refractivity contribution in [2.24, 2.45) is 0 Å². The molecule has 20 heavy (non-hydrogen) atoms. The lowest BCUT2D eigenvalue weighted by Gasteiger charge is -2.04. The van der Waals surface area contributed by atoms with E-state index in [1.807, 2.05) is 0 Å². The second-order valence-corrected chi connectivity index (χ2v) is 4.08. The number of nitro groups is 1. The molecule has 100 valence electrons. The first-order valence-electron chi connectivity index (χ1n) is 5.79. The largest absolute Gasteiger partial charge is 0.427 e. The lowest BCUT2D eigenvalue weighted by Crippen LogP contribution is -2.03. The Labute approximate surface area is 114 Å². The summed E-state index contributed by atoms with van der Waals surface area (Å²) in [6.45, 7) is 5.11. The van der Waals surface area contributed by atoms with Gasteiger partial charge < -0.3 is 4.42 Å². The van der Waals surface area contributed by atoms with E-state index in [0.717, 1.165) is 0 Å². The highest BCUT2D eigenvalue weighted by molar-refractivity contribution is 5.91. The van der Waals surface area contributed by atoms with Crippen molar-refractivity contribution in [2.75, 3.05) is 0 Å². The van der Waals surface area contributed by atoms with Crippen LogP contribution in [0, 0.1) is 17.0 Å². The van der Waals surface area contributed by atoms with Crippen molar-refractivity contribution >= 4 is 22.5 Å². The summed E-state index contributed by atoms with van der Waals surface area (Å²) in [6, 6.07) is 4.14. The van der Waals surface area contributed by atoms with E-state index < -0.39 is 10.5 Å². The molecule has 1 aromatic carbocycles. The number of nitro benzene ring substituents is 1. The van der Waals surface area contributed by atoms with Crippen molar-refractivity contribution < 1.29 is 9.34 Å². The summed E-state index contributed by atoms with van der Waals surface area (Å²) in [4.78, 5) is 22.0. The van der Waals surface area contributed by atoms with Crippen molar-refractivity contribution in [1.29, 1.82) is 0 Å². The van der Waals surface area contributed by atoms with Crippen LogP contribution >= 0.6 is 0 Å². The van der Waals surface area contributed by atoms with E-state index in [1.165, 1.54) is 12.1 Å². The number of aryl methyl sites for hydroxylation is 1. The van der Waals surface area contributed by atoms with E-state index in [4.69, 9.17) is 4.42 Å². The molecule has 5 nitrogen and oxygen atoms in total. The van der Waals surface area contributed by atoms with Crippen LogP contribution in [-0.2, 0) is 0 Å². The molecule has 2 rings (SSSR count). The van der Waals surface area contributed by atoms with Gasteiger partial charge >= 0.3 is 5.63 Å². The average molecular weight is 269 g/mol. The van der Waals surface area contributed by atoms with E-state index in [9.17, 15) is 14.9 Å². The molecule has 0 radical (unpaired) electrons. The molecule has 2 aromatic rings. The molecule has 0 saturated heterocycles. The molecule has 0 fully saturated rings. The maximum absolute atomic E-state index is 11.8. The van der Waals surface area contributed by atoms with Gasteiger partial charge in [0.05, 0.1) is 10.3 Å². The summed E-state index contributed by atoms with van der Waals surface area (Å²) in [5, 5.41) is 11.6. The molecule has 1 heterocycles. The predicted octanol–water partition coefficient (Wildman–Crippen LogP) is 3.36. The summed E-state index contributed by atoms with van der Waals surface area (Å²) < 4.78 is 5.11. The van der Waals surface area contributed by atoms with Gasteiger partial charge in [-0.1, -0.05) is 18.7 Å². The second-order valence-electron chi connectivity index (χ2n) is 4.08. The van der Waals surface area contributed by atoms with Gasteiger partial charge in [-0.2, -0.15) is 0 Å². The smallest absolute Gasteiger partial charge is 0.344 e. The summed E-state index contributed by atoms with van der Waals surface area (Å²) >= 11 is 0. The van der Waals surface area contributed by atoms with Crippen LogP contribution in [0.2, 0.25) is 0 Å². The molecule has 0 aliphatic carbocycles. The van der Waals surface area contributed by atoms with Crippen molar-refractivity contribution in [3.8, 4) is 0 Å². The minimum absolute atomic E-state index is 0.144. The number of allylic oxidation sites excluding steroid dienone is 2. The fourth-order valence-electron chi connectivity index (χ4n) is 1.91. The predicted molar refractivity (Wildman–Crippen MR) is 76.6 cm³/mol. The van der Waals surface area contributed by atoms with Crippen LogP contribution in [0.15, 0.2) is 51.9 Å². The Balaban J connectivity index is 2.79. The molecule has 5 heteroatoms. The maximum Gasteiger partial charge on any atom is 0.344 e.